The molecule has 6 nitrogen and oxygen atoms in total. The molecule has 1 N–H and O–H groups in total. The van der Waals surface area contributed by atoms with Gasteiger partial charge in [0.2, 0.25) is 0 Å². The molecule has 4 rings (SSSR count). The largest absolute Gasteiger partial charge is 0.459 e. The van der Waals surface area contributed by atoms with Crippen LogP contribution in [0.15, 0.2) is 65.3 Å². The highest BCUT2D eigenvalue weighted by Crippen LogP contribution is 2.39. The van der Waals surface area contributed by atoms with Crippen LogP contribution in [0.3, 0.4) is 0 Å². The Hall–Kier alpha value is -3.54. The number of carbonyl (C=O) groups excluding carboxylic acids is 2. The van der Waals surface area contributed by atoms with Crippen molar-refractivity contribution in [2.45, 2.75) is 0 Å². The molecule has 0 atom stereocenters. The van der Waals surface area contributed by atoms with Gasteiger partial charge in [0.05, 0.1) is 17.5 Å². The number of nitrogens with one attached hydrogen (secondary N) is 1. The first-order valence-corrected chi connectivity index (χ1v) is 7.67. The molecule has 1 aliphatic heterocycles. The number of amides is 2. The first-order valence-electron chi connectivity index (χ1n) is 7.67. The number of para-hydroxylation sites is 1. The lowest BCUT2D eigenvalue weighted by molar-refractivity contribution is 0.0988. The standard InChI is InChI=1S/C19H14N2O4/c1-21-14-11-12(20-18(22)17-7-4-10-24-17)8-9-16(14)25-15-6-3-2-5-13(15)19(21)23/h2-11H,1H3,(H,20,22). The van der Waals surface area contributed by atoms with Gasteiger partial charge in [-0.25, -0.2) is 0 Å². The molecule has 3 aromatic rings. The summed E-state index contributed by atoms with van der Waals surface area (Å²) in [7, 11) is 1.67. The molecular formula is C19H14N2O4. The van der Waals surface area contributed by atoms with Gasteiger partial charge in [-0.05, 0) is 42.5 Å². The summed E-state index contributed by atoms with van der Waals surface area (Å²) in [6, 6.07) is 15.4. The third kappa shape index (κ3) is 2.63. The highest BCUT2D eigenvalue weighted by molar-refractivity contribution is 6.10. The van der Waals surface area contributed by atoms with Gasteiger partial charge in [0.25, 0.3) is 11.8 Å². The number of nitrogens with zero attached hydrogens (tertiary/aromatic N) is 1. The number of hydrogen-bond donors (Lipinski definition) is 1. The van der Waals surface area contributed by atoms with Crippen LogP contribution in [0.4, 0.5) is 11.4 Å². The van der Waals surface area contributed by atoms with Crippen LogP contribution >= 0.6 is 0 Å². The van der Waals surface area contributed by atoms with E-state index in [1.165, 1.54) is 11.2 Å². The highest BCUT2D eigenvalue weighted by Gasteiger charge is 2.25. The number of carbonyl (C=O) groups is 2. The fourth-order valence-electron chi connectivity index (χ4n) is 2.68. The summed E-state index contributed by atoms with van der Waals surface area (Å²) in [5.74, 6) is 0.714. The minimum atomic E-state index is -0.364. The van der Waals surface area contributed by atoms with E-state index in [9.17, 15) is 9.59 Å². The van der Waals surface area contributed by atoms with Crippen molar-refractivity contribution in [3.05, 3.63) is 72.2 Å². The number of furan rings is 1. The van der Waals surface area contributed by atoms with Gasteiger partial charge in [0.1, 0.15) is 5.75 Å². The fraction of sp³-hybridized carbons (Fsp3) is 0.0526. The molecule has 0 fully saturated rings. The van der Waals surface area contributed by atoms with Crippen LogP contribution < -0.4 is 15.0 Å². The maximum atomic E-state index is 12.7. The van der Waals surface area contributed by atoms with Gasteiger partial charge >= 0.3 is 0 Å². The first-order chi connectivity index (χ1) is 12.1. The van der Waals surface area contributed by atoms with Gasteiger partial charge in [0, 0.05) is 12.7 Å². The molecule has 0 saturated heterocycles. The molecule has 124 valence electrons. The minimum Gasteiger partial charge on any atom is -0.459 e. The molecule has 0 spiro atoms. The fourth-order valence-corrected chi connectivity index (χ4v) is 2.68. The third-order valence-electron chi connectivity index (χ3n) is 3.97. The van der Waals surface area contributed by atoms with Gasteiger partial charge in [-0.15, -0.1) is 0 Å². The van der Waals surface area contributed by atoms with E-state index < -0.39 is 0 Å². The zero-order valence-electron chi connectivity index (χ0n) is 13.4. The summed E-state index contributed by atoms with van der Waals surface area (Å²) in [5, 5.41) is 2.75. The lowest BCUT2D eigenvalue weighted by Crippen LogP contribution is -2.25. The van der Waals surface area contributed by atoms with Crippen LogP contribution in [0.1, 0.15) is 20.9 Å². The lowest BCUT2D eigenvalue weighted by Gasteiger charge is -2.17. The van der Waals surface area contributed by atoms with E-state index in [1.54, 1.807) is 55.6 Å². The van der Waals surface area contributed by atoms with Crippen LogP contribution in [0.2, 0.25) is 0 Å². The second-order valence-electron chi connectivity index (χ2n) is 5.58. The minimum absolute atomic E-state index is 0.177. The molecule has 0 saturated carbocycles. The van der Waals surface area contributed by atoms with E-state index in [2.05, 4.69) is 5.32 Å². The summed E-state index contributed by atoms with van der Waals surface area (Å²) in [5.41, 5.74) is 1.59. The van der Waals surface area contributed by atoms with Crippen molar-refractivity contribution < 1.29 is 18.7 Å². The molecule has 1 aliphatic rings. The van der Waals surface area contributed by atoms with Crippen molar-refractivity contribution in [2.75, 3.05) is 17.3 Å². The van der Waals surface area contributed by atoms with Gasteiger partial charge in [-0.2, -0.15) is 0 Å². The van der Waals surface area contributed by atoms with Gasteiger partial charge in [-0.3, -0.25) is 9.59 Å². The number of fused-ring (bicyclic) bond motifs is 2. The average molecular weight is 334 g/mol. The van der Waals surface area contributed by atoms with Gasteiger partial charge in [0.15, 0.2) is 11.5 Å². The quantitative estimate of drug-likeness (QED) is 0.771. The SMILES string of the molecule is CN1C(=O)c2ccccc2Oc2ccc(NC(=O)c3ccco3)cc21. The van der Waals surface area contributed by atoms with E-state index in [4.69, 9.17) is 9.15 Å². The molecule has 0 aliphatic carbocycles. The van der Waals surface area contributed by atoms with Gasteiger partial charge in [-0.1, -0.05) is 12.1 Å². The molecule has 25 heavy (non-hydrogen) atoms. The summed E-state index contributed by atoms with van der Waals surface area (Å²) in [6.45, 7) is 0. The number of ether oxygens (including phenoxy) is 1. The van der Waals surface area contributed by atoms with E-state index >= 15 is 0 Å². The van der Waals surface area contributed by atoms with Crippen molar-refractivity contribution in [1.29, 1.82) is 0 Å². The zero-order valence-corrected chi connectivity index (χ0v) is 13.4. The van der Waals surface area contributed by atoms with Crippen LogP contribution in [0.25, 0.3) is 0 Å². The second-order valence-corrected chi connectivity index (χ2v) is 5.58. The van der Waals surface area contributed by atoms with Gasteiger partial charge < -0.3 is 19.4 Å². The summed E-state index contributed by atoms with van der Waals surface area (Å²) in [4.78, 5) is 26.3. The Morgan fingerprint density at radius 3 is 2.68 bits per heavy atom. The Morgan fingerprint density at radius 1 is 1.04 bits per heavy atom. The lowest BCUT2D eigenvalue weighted by atomic mass is 10.2. The summed E-state index contributed by atoms with van der Waals surface area (Å²) < 4.78 is 11.0. The maximum absolute atomic E-state index is 12.7. The van der Waals surface area contributed by atoms with Crippen molar-refractivity contribution in [2.24, 2.45) is 0 Å². The number of anilines is 2. The van der Waals surface area contributed by atoms with E-state index in [-0.39, 0.29) is 17.6 Å². The Balaban J connectivity index is 1.69. The van der Waals surface area contributed by atoms with Crippen molar-refractivity contribution in [3.63, 3.8) is 0 Å². The normalized spacial score (nSPS) is 12.7. The number of benzene rings is 2. The molecule has 0 bridgehead atoms. The number of rotatable bonds is 2. The molecule has 1 aromatic heterocycles. The smallest absolute Gasteiger partial charge is 0.291 e. The average Bonchev–Trinajstić information content (AvgIpc) is 3.14. The Labute approximate surface area is 143 Å². The molecule has 0 unspecified atom stereocenters. The summed E-state index contributed by atoms with van der Waals surface area (Å²) >= 11 is 0. The highest BCUT2D eigenvalue weighted by atomic mass is 16.5. The molecule has 2 aromatic carbocycles. The Kier molecular flexibility index (Phi) is 3.50. The predicted molar refractivity (Wildman–Crippen MR) is 92.4 cm³/mol. The Bertz CT molecular complexity index is 963. The maximum Gasteiger partial charge on any atom is 0.291 e. The molecule has 6 heteroatoms. The second kappa shape index (κ2) is 5.83. The molecule has 2 amide bonds. The van der Waals surface area contributed by atoms with Crippen LogP contribution in [0.5, 0.6) is 11.5 Å². The van der Waals surface area contributed by atoms with Crippen LogP contribution in [-0.2, 0) is 0 Å². The zero-order chi connectivity index (χ0) is 17.4. The van der Waals surface area contributed by atoms with E-state index in [0.717, 1.165) is 0 Å². The Morgan fingerprint density at radius 2 is 1.88 bits per heavy atom. The van der Waals surface area contributed by atoms with Crippen LogP contribution in [0, 0.1) is 0 Å². The van der Waals surface area contributed by atoms with E-state index in [1.807, 2.05) is 6.07 Å². The van der Waals surface area contributed by atoms with Crippen LogP contribution in [-0.4, -0.2) is 18.9 Å². The molecule has 0 radical (unpaired) electrons. The van der Waals surface area contributed by atoms with Crippen molar-refractivity contribution >= 4 is 23.2 Å². The number of hydrogen-bond acceptors (Lipinski definition) is 4. The van der Waals surface area contributed by atoms with Crippen molar-refractivity contribution in [1.82, 2.24) is 0 Å². The van der Waals surface area contributed by atoms with Crippen molar-refractivity contribution in [3.8, 4) is 11.5 Å². The molecule has 2 heterocycles. The monoisotopic (exact) mass is 334 g/mol. The topological polar surface area (TPSA) is 71.8 Å². The third-order valence-corrected chi connectivity index (χ3v) is 3.97. The molecular weight excluding hydrogens is 320 g/mol. The van der Waals surface area contributed by atoms with E-state index in [0.29, 0.717) is 28.4 Å². The summed E-state index contributed by atoms with van der Waals surface area (Å²) in [6.07, 6.45) is 1.43. The predicted octanol–water partition coefficient (Wildman–Crippen LogP) is 3.91. The first kappa shape index (κ1) is 15.0.